The van der Waals surface area contributed by atoms with Crippen molar-refractivity contribution < 1.29 is 459 Å². The minimum Gasteiger partial charge on any atom is -0.457 e. The minimum absolute atomic E-state index is 0. The van der Waals surface area contributed by atoms with Gasteiger partial charge in [0.05, 0.1) is 0 Å². The van der Waals surface area contributed by atoms with Crippen LogP contribution in [0, 0.1) is 0 Å². The Labute approximate surface area is 452 Å². The fraction of sp³-hybridized carbons (Fsp3) is 0. The molecular formula is H84O33V15+18. The van der Waals surface area contributed by atoms with Crippen molar-refractivity contribution in [3.63, 3.8) is 0 Å². The Kier molecular flexibility index (Phi) is 173000. The van der Waals surface area contributed by atoms with Crippen molar-refractivity contribution >= 4 is 0 Å². The van der Waals surface area contributed by atoms with Crippen molar-refractivity contribution in [2.75, 3.05) is 0 Å². The predicted octanol–water partition coefficient (Wildman–Crippen LogP) is -29.0. The first-order valence-corrected chi connectivity index (χ1v) is 0. The second-order valence-electron chi connectivity index (χ2n) is 0. The van der Waals surface area contributed by atoms with Crippen molar-refractivity contribution in [3.05, 3.63) is 0 Å². The zero-order valence-corrected chi connectivity index (χ0v) is 45.6. The van der Waals surface area contributed by atoms with Gasteiger partial charge in [0.2, 0.25) is 0 Å². The molecule has 0 aromatic heterocycles. The monoisotopic (exact) mass is 1380 g/mol. The van der Waals surface area contributed by atoms with Crippen LogP contribution in [0.1, 0.15) is 0 Å². The first kappa shape index (κ1) is 2960. The summed E-state index contributed by atoms with van der Waals surface area (Å²) in [7, 11) is 0. The van der Waals surface area contributed by atoms with Crippen LogP contribution in [0.3, 0.4) is 0 Å². The van der Waals surface area contributed by atoms with Crippen LogP contribution in [-0.2, 0) is 377 Å². The third kappa shape index (κ3) is 2650. The van der Waals surface area contributed by atoms with E-state index in [1.165, 1.54) is 0 Å². The van der Waals surface area contributed by atoms with Gasteiger partial charge in [-0.2, -0.15) is 0 Å². The van der Waals surface area contributed by atoms with E-state index in [0.717, 1.165) is 0 Å². The summed E-state index contributed by atoms with van der Waals surface area (Å²) < 4.78 is 0. The van der Waals surface area contributed by atoms with Crippen molar-refractivity contribution in [2.24, 2.45) is 0 Å². The van der Waals surface area contributed by atoms with Gasteiger partial charge in [-0.05, 0) is 0 Å². The Morgan fingerprint density at radius 3 is 0.0625 bits per heavy atom. The second kappa shape index (κ2) is 2800. The summed E-state index contributed by atoms with van der Waals surface area (Å²) in [5.74, 6) is 0. The molecule has 15 radical (unpaired) electrons. The normalized spacial score (nSPS) is 0. The maximum atomic E-state index is 0. The van der Waals surface area contributed by atoms with E-state index in [4.69, 9.17) is 0 Å². The molecule has 339 valence electrons. The van der Waals surface area contributed by atoms with Crippen molar-refractivity contribution in [1.82, 2.24) is 0 Å². The molecule has 0 saturated heterocycles. The van der Waals surface area contributed by atoms with Crippen LogP contribution in [0.15, 0.2) is 0 Å². The van der Waals surface area contributed by atoms with E-state index in [1.807, 2.05) is 0 Å². The average Bonchev–Trinajstić information content (AvgIpc) is 0. The van der Waals surface area contributed by atoms with Crippen LogP contribution in [0.5, 0.6) is 0 Å². The zero-order chi connectivity index (χ0) is 0. The molecule has 0 unspecified atom stereocenters. The van der Waals surface area contributed by atoms with Crippen LogP contribution in [0.25, 0.3) is 0 Å². The molecule has 0 amide bonds. The van der Waals surface area contributed by atoms with E-state index in [1.54, 1.807) is 0 Å². The van der Waals surface area contributed by atoms with E-state index in [0.29, 0.717) is 0 Å². The minimum atomic E-state index is 0. The molecule has 0 bridgehead atoms. The molecule has 48 heteroatoms. The van der Waals surface area contributed by atoms with Gasteiger partial charge in [-0.15, -0.1) is 0 Å². The largest absolute Gasteiger partial charge is 0.457 e. The van der Waals surface area contributed by atoms with Crippen molar-refractivity contribution in [1.29, 1.82) is 0 Å². The van der Waals surface area contributed by atoms with Crippen LogP contribution in [0.2, 0.25) is 0 Å². The van der Waals surface area contributed by atoms with Crippen LogP contribution in [0.4, 0.5) is 0 Å². The predicted molar refractivity (Wildman–Crippen MR) is 142 cm³/mol. The molecule has 0 spiro atoms. The SMILES string of the molecule is O.O.O.O.O.O.O.O.O.O.O.O.O.O.O.[OH3+].[OH3+].[OH3+].[OH3+].[OH3+].[OH3+].[OH3+].[OH3+].[OH3+].[OH3+].[OH3+].[OH3+].[OH3+].[OH3+].[OH3+].[OH3+].[OH3+].[OH3+].[V].[V].[V].[V].[V].[V].[V].[V].[V].[V].[V].[V].[V].[V].[V]. The first-order chi connectivity index (χ1) is 0. The maximum Gasteiger partial charge on any atom is 0 e. The third-order valence-electron chi connectivity index (χ3n) is 0. The molecule has 0 heterocycles. The summed E-state index contributed by atoms with van der Waals surface area (Å²) >= 11 is 0. The zero-order valence-electron chi connectivity index (χ0n) is 24.6. The van der Waals surface area contributed by atoms with Crippen molar-refractivity contribution in [3.8, 4) is 0 Å². The number of hydrogen-bond acceptors (Lipinski definition) is 0. The number of rotatable bonds is 0. The van der Waals surface area contributed by atoms with E-state index in [2.05, 4.69) is 0 Å². The molecule has 0 aliphatic rings. The average molecular weight is 1380 g/mol. The summed E-state index contributed by atoms with van der Waals surface area (Å²) in [5, 5.41) is 0. The summed E-state index contributed by atoms with van der Waals surface area (Å²) in [5.41, 5.74) is 0. The molecular weight excluding hydrogens is 1290 g/mol. The first-order valence-electron chi connectivity index (χ1n) is 0. The van der Waals surface area contributed by atoms with E-state index in [-0.39, 0.29) is 459 Å². The molecule has 33 nitrogen and oxygen atoms in total. The standard InChI is InChI=1S/33H2O.15V/h33*1H2;;;;;;;;;;;;;;;/p+18. The Balaban J connectivity index is 0. The van der Waals surface area contributed by atoms with Gasteiger partial charge in [-0.25, -0.2) is 0 Å². The molecule has 0 atom stereocenters. The van der Waals surface area contributed by atoms with Gasteiger partial charge in [-0.3, -0.25) is 0 Å². The molecule has 0 aliphatic heterocycles. The Hall–Kier alpha value is 7.45. The van der Waals surface area contributed by atoms with Gasteiger partial charge in [-0.1, -0.05) is 0 Å². The van der Waals surface area contributed by atoms with Crippen LogP contribution in [-0.4, -0.2) is 82.1 Å². The number of hydrogen-bond donors (Lipinski definition) is 0. The molecule has 0 aromatic rings. The van der Waals surface area contributed by atoms with Gasteiger partial charge < -0.3 is 181 Å². The quantitative estimate of drug-likeness (QED) is 0.204. The molecule has 0 rings (SSSR count). The molecule has 0 fully saturated rings. The van der Waals surface area contributed by atoms with Gasteiger partial charge in [0.15, 0.2) is 0 Å². The maximum absolute atomic E-state index is 0. The van der Waals surface area contributed by atoms with Crippen LogP contribution < -0.4 is 0 Å². The van der Waals surface area contributed by atoms with E-state index >= 15 is 0 Å². The van der Waals surface area contributed by atoms with Gasteiger partial charge in [0.25, 0.3) is 0 Å². The fourth-order valence-electron chi connectivity index (χ4n) is 0. The summed E-state index contributed by atoms with van der Waals surface area (Å²) in [6, 6.07) is 0. The summed E-state index contributed by atoms with van der Waals surface area (Å²) in [6.07, 6.45) is 0. The molecule has 0 aromatic carbocycles. The fourth-order valence-corrected chi connectivity index (χ4v) is 0. The Morgan fingerprint density at radius 2 is 0.0625 bits per heavy atom. The topological polar surface area (TPSA) is 1070 Å². The Morgan fingerprint density at radius 1 is 0.0625 bits per heavy atom. The Bertz CT molecular complexity index is 43.0. The second-order valence-corrected chi connectivity index (χ2v) is 0. The van der Waals surface area contributed by atoms with Gasteiger partial charge >= 0.3 is 0 Å². The summed E-state index contributed by atoms with van der Waals surface area (Å²) in [6.45, 7) is 0. The molecule has 48 heavy (non-hydrogen) atoms. The van der Waals surface area contributed by atoms with Gasteiger partial charge in [0, 0.05) is 278 Å². The molecule has 0 saturated carbocycles. The summed E-state index contributed by atoms with van der Waals surface area (Å²) in [4.78, 5) is 0. The van der Waals surface area contributed by atoms with E-state index < -0.39 is 0 Å². The van der Waals surface area contributed by atoms with Gasteiger partial charge in [0.1, 0.15) is 0 Å². The molecule has 0 aliphatic carbocycles. The smallest absolute Gasteiger partial charge is 0 e. The molecule has 84 N–H and O–H groups in total. The van der Waals surface area contributed by atoms with Crippen LogP contribution >= 0.6 is 0 Å². The van der Waals surface area contributed by atoms with E-state index in [9.17, 15) is 0 Å². The third-order valence-corrected chi connectivity index (χ3v) is 0. The van der Waals surface area contributed by atoms with Crippen molar-refractivity contribution in [2.45, 2.75) is 0 Å².